The zero-order chi connectivity index (χ0) is 17.9. The van der Waals surface area contributed by atoms with Crippen LogP contribution in [0.15, 0.2) is 18.2 Å². The molecule has 1 aromatic carbocycles. The van der Waals surface area contributed by atoms with Gasteiger partial charge in [-0.3, -0.25) is 0 Å². The molecule has 3 heterocycles. The van der Waals surface area contributed by atoms with E-state index in [-0.39, 0.29) is 0 Å². The molecular weight excluding hydrogens is 346 g/mol. The molecule has 2 saturated heterocycles. The number of morpholine rings is 1. The molecule has 2 aliphatic heterocycles. The highest BCUT2D eigenvalue weighted by Crippen LogP contribution is 2.35. The number of nitrogen functional groups attached to an aromatic ring is 1. The number of anilines is 2. The minimum Gasteiger partial charge on any atom is -0.381 e. The van der Waals surface area contributed by atoms with Crippen LogP contribution in [0.3, 0.4) is 0 Å². The monoisotopic (exact) mass is 373 g/mol. The molecule has 2 aromatic rings. The van der Waals surface area contributed by atoms with E-state index >= 15 is 0 Å². The Hall–Kier alpha value is -1.63. The summed E-state index contributed by atoms with van der Waals surface area (Å²) in [5.41, 5.74) is 10.9. The Bertz CT molecular complexity index is 750. The van der Waals surface area contributed by atoms with Gasteiger partial charge in [0.15, 0.2) is 5.13 Å². The zero-order valence-electron chi connectivity index (χ0n) is 15.4. The number of ether oxygens (including phenoxy) is 2. The summed E-state index contributed by atoms with van der Waals surface area (Å²) in [6, 6.07) is 6.99. The molecule has 1 aromatic heterocycles. The Morgan fingerprint density at radius 2 is 1.85 bits per heavy atom. The van der Waals surface area contributed by atoms with Gasteiger partial charge in [0.05, 0.1) is 23.8 Å². The van der Waals surface area contributed by atoms with Crippen LogP contribution in [-0.4, -0.2) is 44.5 Å². The van der Waals surface area contributed by atoms with Crippen LogP contribution in [0.4, 0.5) is 10.8 Å². The first kappa shape index (κ1) is 17.8. The molecule has 5 nitrogen and oxygen atoms in total. The number of nitrogens with two attached hydrogens (primary N) is 1. The third-order valence-corrected chi connectivity index (χ3v) is 6.33. The second-order valence-electron chi connectivity index (χ2n) is 7.21. The molecule has 26 heavy (non-hydrogen) atoms. The predicted molar refractivity (Wildman–Crippen MR) is 107 cm³/mol. The molecule has 2 aliphatic rings. The Balaban J connectivity index is 1.67. The lowest BCUT2D eigenvalue weighted by molar-refractivity contribution is 0.0665. The van der Waals surface area contributed by atoms with Crippen molar-refractivity contribution < 1.29 is 9.47 Å². The fourth-order valence-electron chi connectivity index (χ4n) is 3.90. The van der Waals surface area contributed by atoms with Crippen LogP contribution in [0.2, 0.25) is 0 Å². The fourth-order valence-corrected chi connectivity index (χ4v) is 4.72. The van der Waals surface area contributed by atoms with Crippen LogP contribution in [0.5, 0.6) is 0 Å². The molecule has 2 fully saturated rings. The highest BCUT2D eigenvalue weighted by molar-refractivity contribution is 7.18. The topological polar surface area (TPSA) is 60.6 Å². The highest BCUT2D eigenvalue weighted by atomic mass is 32.1. The summed E-state index contributed by atoms with van der Waals surface area (Å²) in [5, 5.41) is 0.639. The van der Waals surface area contributed by atoms with Crippen molar-refractivity contribution in [3.8, 4) is 10.4 Å². The van der Waals surface area contributed by atoms with Crippen LogP contribution in [-0.2, 0) is 15.9 Å². The number of hydrogen-bond donors (Lipinski definition) is 1. The smallest absolute Gasteiger partial charge is 0.180 e. The normalized spacial score (nSPS) is 19.0. The lowest BCUT2D eigenvalue weighted by Crippen LogP contribution is -2.36. The highest BCUT2D eigenvalue weighted by Gasteiger charge is 2.19. The summed E-state index contributed by atoms with van der Waals surface area (Å²) < 4.78 is 11.1. The molecule has 0 aliphatic carbocycles. The van der Waals surface area contributed by atoms with E-state index in [1.807, 2.05) is 6.92 Å². The van der Waals surface area contributed by atoms with Crippen LogP contribution in [0, 0.1) is 12.8 Å². The van der Waals surface area contributed by atoms with Gasteiger partial charge in [-0.2, -0.15) is 0 Å². The van der Waals surface area contributed by atoms with Crippen molar-refractivity contribution >= 4 is 22.2 Å². The summed E-state index contributed by atoms with van der Waals surface area (Å²) in [6.07, 6.45) is 3.43. The van der Waals surface area contributed by atoms with Crippen molar-refractivity contribution in [1.82, 2.24) is 4.98 Å². The van der Waals surface area contributed by atoms with Crippen molar-refractivity contribution in [2.45, 2.75) is 26.2 Å². The molecule has 2 N–H and O–H groups in total. The van der Waals surface area contributed by atoms with E-state index < -0.39 is 0 Å². The van der Waals surface area contributed by atoms with Crippen molar-refractivity contribution in [2.24, 2.45) is 5.92 Å². The van der Waals surface area contributed by atoms with Crippen LogP contribution in [0.1, 0.15) is 24.1 Å². The molecule has 0 unspecified atom stereocenters. The Kier molecular flexibility index (Phi) is 5.43. The SMILES string of the molecule is Cc1nc(N)sc1-c1cc(CC2CCOCC2)cc(N2CCOCC2)c1. The Morgan fingerprint density at radius 1 is 1.12 bits per heavy atom. The first-order valence-corrected chi connectivity index (χ1v) is 10.3. The first-order chi connectivity index (χ1) is 12.7. The number of benzene rings is 1. The quantitative estimate of drug-likeness (QED) is 0.889. The summed E-state index contributed by atoms with van der Waals surface area (Å²) >= 11 is 1.58. The molecular formula is C20H27N3O2S. The van der Waals surface area contributed by atoms with Crippen LogP contribution in [0.25, 0.3) is 10.4 Å². The average molecular weight is 374 g/mol. The van der Waals surface area contributed by atoms with Gasteiger partial charge in [-0.25, -0.2) is 4.98 Å². The number of hydrogen-bond acceptors (Lipinski definition) is 6. The molecule has 140 valence electrons. The maximum atomic E-state index is 5.95. The molecule has 0 atom stereocenters. The van der Waals surface area contributed by atoms with E-state index in [1.165, 1.54) is 21.7 Å². The second kappa shape index (κ2) is 7.94. The van der Waals surface area contributed by atoms with E-state index in [2.05, 4.69) is 28.1 Å². The minimum atomic E-state index is 0.639. The first-order valence-electron chi connectivity index (χ1n) is 9.47. The summed E-state index contributed by atoms with van der Waals surface area (Å²) in [7, 11) is 0. The van der Waals surface area contributed by atoms with Gasteiger partial charge in [0.1, 0.15) is 0 Å². The molecule has 6 heteroatoms. The van der Waals surface area contributed by atoms with E-state index in [9.17, 15) is 0 Å². The fraction of sp³-hybridized carbons (Fsp3) is 0.550. The van der Waals surface area contributed by atoms with Crippen molar-refractivity contribution in [2.75, 3.05) is 50.2 Å². The third kappa shape index (κ3) is 4.03. The van der Waals surface area contributed by atoms with Gasteiger partial charge in [0.25, 0.3) is 0 Å². The molecule has 0 saturated carbocycles. The number of aryl methyl sites for hydroxylation is 1. The number of rotatable bonds is 4. The van der Waals surface area contributed by atoms with Crippen molar-refractivity contribution in [3.63, 3.8) is 0 Å². The molecule has 0 bridgehead atoms. The Morgan fingerprint density at radius 3 is 2.54 bits per heavy atom. The number of thiazole rings is 1. The molecule has 0 amide bonds. The van der Waals surface area contributed by atoms with E-state index in [0.29, 0.717) is 11.0 Å². The predicted octanol–water partition coefficient (Wildman–Crippen LogP) is 3.51. The molecule has 0 radical (unpaired) electrons. The summed E-state index contributed by atoms with van der Waals surface area (Å²) in [4.78, 5) is 8.04. The minimum absolute atomic E-state index is 0.639. The zero-order valence-corrected chi connectivity index (χ0v) is 16.2. The summed E-state index contributed by atoms with van der Waals surface area (Å²) in [6.45, 7) is 7.32. The van der Waals surface area contributed by atoms with Crippen molar-refractivity contribution in [1.29, 1.82) is 0 Å². The van der Waals surface area contributed by atoms with E-state index in [4.69, 9.17) is 15.2 Å². The van der Waals surface area contributed by atoms with Gasteiger partial charge >= 0.3 is 0 Å². The molecule has 0 spiro atoms. The van der Waals surface area contributed by atoms with Crippen LogP contribution < -0.4 is 10.6 Å². The Labute approximate surface area is 159 Å². The standard InChI is InChI=1S/C20H27N3O2S/c1-14-19(26-20(21)22-14)17-11-16(10-15-2-6-24-7-3-15)12-18(13-17)23-4-8-25-9-5-23/h11-13,15H,2-10H2,1H3,(H2,21,22). The van der Waals surface area contributed by atoms with Gasteiger partial charge in [-0.1, -0.05) is 17.4 Å². The largest absolute Gasteiger partial charge is 0.381 e. The second-order valence-corrected chi connectivity index (χ2v) is 8.24. The lowest BCUT2D eigenvalue weighted by atomic mass is 9.91. The molecule has 4 rings (SSSR count). The average Bonchev–Trinajstić information content (AvgIpc) is 3.01. The maximum Gasteiger partial charge on any atom is 0.180 e. The van der Waals surface area contributed by atoms with Gasteiger partial charge in [-0.05, 0) is 55.4 Å². The lowest BCUT2D eigenvalue weighted by Gasteiger charge is -2.30. The van der Waals surface area contributed by atoms with Gasteiger partial charge in [0, 0.05) is 32.0 Å². The van der Waals surface area contributed by atoms with Gasteiger partial charge in [-0.15, -0.1) is 0 Å². The van der Waals surface area contributed by atoms with E-state index in [0.717, 1.165) is 64.5 Å². The van der Waals surface area contributed by atoms with Crippen molar-refractivity contribution in [3.05, 3.63) is 29.5 Å². The third-order valence-electron chi connectivity index (χ3n) is 5.29. The number of aromatic nitrogens is 1. The maximum absolute atomic E-state index is 5.95. The number of nitrogens with zero attached hydrogens (tertiary/aromatic N) is 2. The van der Waals surface area contributed by atoms with Gasteiger partial charge < -0.3 is 20.1 Å². The van der Waals surface area contributed by atoms with Gasteiger partial charge in [0.2, 0.25) is 0 Å². The summed E-state index contributed by atoms with van der Waals surface area (Å²) in [5.74, 6) is 0.712. The van der Waals surface area contributed by atoms with Crippen LogP contribution >= 0.6 is 11.3 Å². The van der Waals surface area contributed by atoms with E-state index in [1.54, 1.807) is 11.3 Å².